The van der Waals surface area contributed by atoms with E-state index in [0.717, 1.165) is 5.69 Å². The van der Waals surface area contributed by atoms with Gasteiger partial charge >= 0.3 is 5.97 Å². The van der Waals surface area contributed by atoms with Crippen molar-refractivity contribution in [2.75, 3.05) is 20.5 Å². The van der Waals surface area contributed by atoms with E-state index < -0.39 is 16.8 Å². The van der Waals surface area contributed by atoms with Crippen LogP contribution in [0, 0.1) is 6.92 Å². The molecule has 1 heterocycles. The van der Waals surface area contributed by atoms with Gasteiger partial charge in [0.1, 0.15) is 5.75 Å². The van der Waals surface area contributed by atoms with Gasteiger partial charge in [0.15, 0.2) is 0 Å². The van der Waals surface area contributed by atoms with Crippen molar-refractivity contribution in [3.05, 3.63) is 40.1 Å². The Morgan fingerprint density at radius 2 is 1.91 bits per heavy atom. The number of halogens is 1. The van der Waals surface area contributed by atoms with E-state index in [1.54, 1.807) is 24.5 Å². The summed E-state index contributed by atoms with van der Waals surface area (Å²) in [4.78, 5) is 16.8. The Bertz CT molecular complexity index is 792. The highest BCUT2D eigenvalue weighted by Crippen LogP contribution is 2.38. The van der Waals surface area contributed by atoms with Gasteiger partial charge in [-0.2, -0.15) is 0 Å². The van der Waals surface area contributed by atoms with Crippen molar-refractivity contribution < 1.29 is 18.5 Å². The molecule has 0 aliphatic heterocycles. The third kappa shape index (κ3) is 3.61. The number of ether oxygens (including phenoxy) is 2. The molecule has 0 fully saturated rings. The molecule has 0 aliphatic carbocycles. The van der Waals surface area contributed by atoms with Gasteiger partial charge in [-0.15, -0.1) is 0 Å². The number of pyridine rings is 1. The number of aryl methyl sites for hydroxylation is 1. The lowest BCUT2D eigenvalue weighted by molar-refractivity contribution is 0.0601. The Balaban J connectivity index is 2.76. The van der Waals surface area contributed by atoms with Crippen LogP contribution in [0.2, 0.25) is 0 Å². The lowest BCUT2D eigenvalue weighted by Gasteiger charge is -2.15. The van der Waals surface area contributed by atoms with Gasteiger partial charge in [0.2, 0.25) is 0 Å². The van der Waals surface area contributed by atoms with Gasteiger partial charge < -0.3 is 9.47 Å². The number of benzene rings is 1. The molecule has 7 heteroatoms. The molecule has 0 saturated carbocycles. The van der Waals surface area contributed by atoms with Crippen molar-refractivity contribution in [2.45, 2.75) is 11.8 Å². The molecule has 1 atom stereocenters. The van der Waals surface area contributed by atoms with E-state index in [1.807, 2.05) is 6.92 Å². The fraction of sp³-hybridized carbons (Fsp3) is 0.250. The summed E-state index contributed by atoms with van der Waals surface area (Å²) in [5, 5.41) is 0. The van der Waals surface area contributed by atoms with Crippen LogP contribution in [-0.2, 0) is 15.5 Å². The maximum absolute atomic E-state index is 12.0. The first-order chi connectivity index (χ1) is 10.9. The lowest BCUT2D eigenvalue weighted by atomic mass is 9.99. The van der Waals surface area contributed by atoms with Crippen molar-refractivity contribution >= 4 is 32.7 Å². The van der Waals surface area contributed by atoms with Crippen LogP contribution in [0.25, 0.3) is 11.1 Å². The third-order valence-electron chi connectivity index (χ3n) is 3.30. The first-order valence-corrected chi connectivity index (χ1v) is 9.00. The zero-order valence-corrected chi connectivity index (χ0v) is 15.6. The van der Waals surface area contributed by atoms with Crippen molar-refractivity contribution in [3.63, 3.8) is 0 Å². The molecule has 0 spiro atoms. The van der Waals surface area contributed by atoms with Crippen LogP contribution < -0.4 is 4.74 Å². The molecule has 1 unspecified atom stereocenters. The van der Waals surface area contributed by atoms with E-state index in [4.69, 9.17) is 9.47 Å². The molecule has 2 aromatic rings. The molecule has 0 radical (unpaired) electrons. The summed E-state index contributed by atoms with van der Waals surface area (Å²) < 4.78 is 22.7. The highest BCUT2D eigenvalue weighted by Gasteiger charge is 2.19. The molecule has 0 aliphatic rings. The lowest BCUT2D eigenvalue weighted by Crippen LogP contribution is -2.06. The summed E-state index contributed by atoms with van der Waals surface area (Å²) >= 11 is 3.43. The first kappa shape index (κ1) is 17.6. The quantitative estimate of drug-likeness (QED) is 0.739. The molecule has 0 bridgehead atoms. The fourth-order valence-electron chi connectivity index (χ4n) is 2.19. The molecule has 1 aromatic heterocycles. The van der Waals surface area contributed by atoms with Crippen LogP contribution in [-0.4, -0.2) is 35.6 Å². The second-order valence-corrected chi connectivity index (χ2v) is 7.00. The zero-order valence-electron chi connectivity index (χ0n) is 13.2. The topological polar surface area (TPSA) is 65.5 Å². The van der Waals surface area contributed by atoms with Gasteiger partial charge in [0.05, 0.1) is 35.5 Å². The number of rotatable bonds is 4. The van der Waals surface area contributed by atoms with E-state index in [-0.39, 0.29) is 0 Å². The number of methoxy groups -OCH3 is 2. The average Bonchev–Trinajstić information content (AvgIpc) is 2.53. The summed E-state index contributed by atoms with van der Waals surface area (Å²) in [6, 6.07) is 5.28. The highest BCUT2D eigenvalue weighted by molar-refractivity contribution is 9.10. The van der Waals surface area contributed by atoms with Crippen LogP contribution in [0.5, 0.6) is 5.75 Å². The van der Waals surface area contributed by atoms with Crippen LogP contribution in [0.1, 0.15) is 16.1 Å². The second-order valence-electron chi connectivity index (χ2n) is 4.80. The second kappa shape index (κ2) is 7.23. The SMILES string of the molecule is COC(=O)c1cnc(C)cc1-c1cc(Br)c(S(C)=O)cc1OC. The monoisotopic (exact) mass is 397 g/mol. The maximum atomic E-state index is 12.0. The molecule has 0 amide bonds. The van der Waals surface area contributed by atoms with E-state index >= 15 is 0 Å². The molecule has 122 valence electrons. The van der Waals surface area contributed by atoms with Crippen molar-refractivity contribution in [1.82, 2.24) is 4.98 Å². The van der Waals surface area contributed by atoms with Gasteiger partial charge in [-0.05, 0) is 41.1 Å². The molecular weight excluding hydrogens is 382 g/mol. The average molecular weight is 398 g/mol. The normalized spacial score (nSPS) is 11.9. The summed E-state index contributed by atoms with van der Waals surface area (Å²) in [6.45, 7) is 1.83. The Kier molecular flexibility index (Phi) is 5.54. The highest BCUT2D eigenvalue weighted by atomic mass is 79.9. The number of esters is 1. The number of aromatic nitrogens is 1. The maximum Gasteiger partial charge on any atom is 0.340 e. The standard InChI is InChI=1S/C16H16BrNO4S/c1-9-5-10(12(8-18-9)16(19)22-3)11-6-13(17)15(23(4)20)7-14(11)21-2/h5-8H,1-4H3. The van der Waals surface area contributed by atoms with E-state index in [2.05, 4.69) is 20.9 Å². The van der Waals surface area contributed by atoms with Crippen LogP contribution in [0.3, 0.4) is 0 Å². The van der Waals surface area contributed by atoms with Crippen LogP contribution in [0.15, 0.2) is 33.8 Å². The number of hydrogen-bond acceptors (Lipinski definition) is 5. The van der Waals surface area contributed by atoms with E-state index in [0.29, 0.717) is 31.8 Å². The summed E-state index contributed by atoms with van der Waals surface area (Å²) in [5.41, 5.74) is 2.44. The van der Waals surface area contributed by atoms with Gasteiger partial charge in [0, 0.05) is 33.7 Å². The summed E-state index contributed by atoms with van der Waals surface area (Å²) in [7, 11) is 1.68. The Labute approximate surface area is 145 Å². The Hall–Kier alpha value is -1.73. The van der Waals surface area contributed by atoms with Crippen LogP contribution in [0.4, 0.5) is 0 Å². The van der Waals surface area contributed by atoms with Crippen molar-refractivity contribution in [2.24, 2.45) is 0 Å². The minimum atomic E-state index is -1.17. The molecule has 0 N–H and O–H groups in total. The number of carbonyl (C=O) groups excluding carboxylic acids is 1. The van der Waals surface area contributed by atoms with Gasteiger partial charge in [-0.1, -0.05) is 0 Å². The Morgan fingerprint density at radius 3 is 2.48 bits per heavy atom. The minimum Gasteiger partial charge on any atom is -0.496 e. The van der Waals surface area contributed by atoms with Gasteiger partial charge in [-0.3, -0.25) is 9.19 Å². The minimum absolute atomic E-state index is 0.341. The smallest absolute Gasteiger partial charge is 0.340 e. The number of nitrogens with zero attached hydrogens (tertiary/aromatic N) is 1. The molecule has 1 aromatic carbocycles. The predicted octanol–water partition coefficient (Wildman–Crippen LogP) is 3.35. The molecule has 5 nitrogen and oxygen atoms in total. The molecule has 2 rings (SSSR count). The predicted molar refractivity (Wildman–Crippen MR) is 92.3 cm³/mol. The largest absolute Gasteiger partial charge is 0.496 e. The van der Waals surface area contributed by atoms with Crippen molar-refractivity contribution in [1.29, 1.82) is 0 Å². The van der Waals surface area contributed by atoms with Gasteiger partial charge in [-0.25, -0.2) is 4.79 Å². The zero-order chi connectivity index (χ0) is 17.1. The molecular formula is C16H16BrNO4S. The van der Waals surface area contributed by atoms with Gasteiger partial charge in [0.25, 0.3) is 0 Å². The Morgan fingerprint density at radius 1 is 1.22 bits per heavy atom. The number of hydrogen-bond donors (Lipinski definition) is 0. The van der Waals surface area contributed by atoms with Crippen molar-refractivity contribution in [3.8, 4) is 16.9 Å². The fourth-order valence-corrected chi connectivity index (χ4v) is 3.82. The molecule has 23 heavy (non-hydrogen) atoms. The first-order valence-electron chi connectivity index (χ1n) is 6.65. The third-order valence-corrected chi connectivity index (χ3v) is 5.18. The molecule has 0 saturated heterocycles. The van der Waals surface area contributed by atoms with E-state index in [1.165, 1.54) is 20.4 Å². The summed E-state index contributed by atoms with van der Waals surface area (Å²) in [6.07, 6.45) is 3.07. The summed E-state index contributed by atoms with van der Waals surface area (Å²) in [5.74, 6) is 0.0444. The van der Waals surface area contributed by atoms with E-state index in [9.17, 15) is 9.00 Å². The number of carbonyl (C=O) groups is 1. The van der Waals surface area contributed by atoms with Crippen LogP contribution >= 0.6 is 15.9 Å².